The second-order valence-electron chi connectivity index (χ2n) is 4.86. The molecule has 1 aliphatic heterocycles. The van der Waals surface area contributed by atoms with Gasteiger partial charge in [-0.15, -0.1) is 0 Å². The average Bonchev–Trinajstić information content (AvgIpc) is 3.07. The Hall–Kier alpha value is -2.88. The molecule has 10 nitrogen and oxygen atoms in total. The molecule has 132 valence electrons. The monoisotopic (exact) mass is 342 g/mol. The number of aliphatic carboxylic acids is 2. The van der Waals surface area contributed by atoms with Gasteiger partial charge in [0.05, 0.1) is 19.4 Å². The number of amides is 1. The van der Waals surface area contributed by atoms with E-state index >= 15 is 0 Å². The first-order valence-electron chi connectivity index (χ1n) is 6.89. The summed E-state index contributed by atoms with van der Waals surface area (Å²) in [5.74, 6) is -3.44. The van der Waals surface area contributed by atoms with E-state index < -0.39 is 23.9 Å². The third-order valence-corrected chi connectivity index (χ3v) is 3.36. The first-order chi connectivity index (χ1) is 11.3. The summed E-state index contributed by atoms with van der Waals surface area (Å²) in [5.41, 5.74) is 5.74. The Kier molecular flexibility index (Phi) is 6.93. The normalized spacial score (nSPS) is 18.9. The molecule has 2 rings (SSSR count). The Balaban J connectivity index is 0.000000413. The molecule has 1 fully saturated rings. The number of nitrogens with two attached hydrogens (primary N) is 1. The number of likely N-dealkylation sites (tertiary alicyclic amines) is 1. The maximum atomic E-state index is 11.6. The van der Waals surface area contributed by atoms with Crippen molar-refractivity contribution in [1.82, 2.24) is 4.90 Å². The fraction of sp³-hybridized carbons (Fsp3) is 0.429. The summed E-state index contributed by atoms with van der Waals surface area (Å²) >= 11 is 0. The minimum atomic E-state index is -1.82. The molecule has 2 atom stereocenters. The van der Waals surface area contributed by atoms with Crippen molar-refractivity contribution in [3.63, 3.8) is 0 Å². The molecule has 0 spiro atoms. The second kappa shape index (κ2) is 8.67. The lowest BCUT2D eigenvalue weighted by Crippen LogP contribution is -2.69. The number of nitrogens with zero attached hydrogens (tertiary/aromatic N) is 1. The van der Waals surface area contributed by atoms with Gasteiger partial charge in [-0.05, 0) is 18.6 Å². The summed E-state index contributed by atoms with van der Waals surface area (Å²) in [6.45, 7) is -0.0359. The van der Waals surface area contributed by atoms with Crippen molar-refractivity contribution in [1.29, 1.82) is 0 Å². The number of carboxylic acids is 2. The Morgan fingerprint density at radius 1 is 1.33 bits per heavy atom. The minimum absolute atomic E-state index is 0.0359. The predicted octanol–water partition coefficient (Wildman–Crippen LogP) is -0.921. The molecule has 1 aliphatic rings. The van der Waals surface area contributed by atoms with Crippen LogP contribution in [0, 0.1) is 0 Å². The summed E-state index contributed by atoms with van der Waals surface area (Å²) in [4.78, 5) is 42.4. The summed E-state index contributed by atoms with van der Waals surface area (Å²) in [6.07, 6.45) is 2.97. The molecule has 1 aromatic heterocycles. The number of β-lactam (4-membered cyclic amide) rings is 1. The topological polar surface area (TPSA) is 160 Å². The standard InChI is InChI=1S/C12H16N2O4.C2H2O4/c1-17-10(15)7-14-9(11(13)12(14)16)5-4-8-3-2-6-18-8;3-1(4)2(5)6/h2-3,6,9,11H,4-5,7,13H2,1H3;(H,3,4)(H,5,6)/t9-,11+;/m0./s1. The largest absolute Gasteiger partial charge is 0.473 e. The number of furan rings is 1. The molecule has 2 heterocycles. The van der Waals surface area contributed by atoms with Crippen LogP contribution in [0.3, 0.4) is 0 Å². The van der Waals surface area contributed by atoms with Crippen LogP contribution in [0.25, 0.3) is 0 Å². The lowest BCUT2D eigenvalue weighted by Gasteiger charge is -2.44. The van der Waals surface area contributed by atoms with Crippen molar-refractivity contribution in [2.75, 3.05) is 13.7 Å². The van der Waals surface area contributed by atoms with E-state index in [0.717, 1.165) is 5.76 Å². The average molecular weight is 342 g/mol. The van der Waals surface area contributed by atoms with Crippen LogP contribution in [0.5, 0.6) is 0 Å². The van der Waals surface area contributed by atoms with Gasteiger partial charge in [0.2, 0.25) is 5.91 Å². The number of carbonyl (C=O) groups excluding carboxylic acids is 2. The van der Waals surface area contributed by atoms with Crippen molar-refractivity contribution in [3.05, 3.63) is 24.2 Å². The van der Waals surface area contributed by atoms with Crippen molar-refractivity contribution >= 4 is 23.8 Å². The molecule has 1 amide bonds. The summed E-state index contributed by atoms with van der Waals surface area (Å²) in [5, 5.41) is 14.8. The molecule has 24 heavy (non-hydrogen) atoms. The number of carbonyl (C=O) groups is 4. The van der Waals surface area contributed by atoms with Gasteiger partial charge in [0.25, 0.3) is 0 Å². The van der Waals surface area contributed by atoms with Gasteiger partial charge in [0.15, 0.2) is 0 Å². The number of methoxy groups -OCH3 is 1. The van der Waals surface area contributed by atoms with Gasteiger partial charge >= 0.3 is 17.9 Å². The molecule has 0 bridgehead atoms. The van der Waals surface area contributed by atoms with E-state index in [1.165, 1.54) is 12.0 Å². The van der Waals surface area contributed by atoms with Crippen LogP contribution in [-0.2, 0) is 30.3 Å². The van der Waals surface area contributed by atoms with E-state index in [2.05, 4.69) is 4.74 Å². The zero-order valence-electron chi connectivity index (χ0n) is 12.9. The third kappa shape index (κ3) is 5.09. The van der Waals surface area contributed by atoms with Gasteiger partial charge in [-0.3, -0.25) is 9.59 Å². The first kappa shape index (κ1) is 19.2. The molecule has 4 N–H and O–H groups in total. The quantitative estimate of drug-likeness (QED) is 0.349. The molecular formula is C14H18N2O8. The summed E-state index contributed by atoms with van der Waals surface area (Å²) < 4.78 is 9.76. The second-order valence-corrected chi connectivity index (χ2v) is 4.86. The number of ether oxygens (including phenoxy) is 1. The molecule has 1 saturated heterocycles. The van der Waals surface area contributed by atoms with Crippen LogP contribution in [0.4, 0.5) is 0 Å². The first-order valence-corrected chi connectivity index (χ1v) is 6.89. The molecular weight excluding hydrogens is 324 g/mol. The van der Waals surface area contributed by atoms with E-state index in [1.54, 1.807) is 6.26 Å². The zero-order valence-corrected chi connectivity index (χ0v) is 12.9. The lowest BCUT2D eigenvalue weighted by molar-refractivity contribution is -0.159. The van der Waals surface area contributed by atoms with Gasteiger partial charge in [-0.1, -0.05) is 0 Å². The van der Waals surface area contributed by atoms with Gasteiger partial charge in [-0.2, -0.15) is 0 Å². The van der Waals surface area contributed by atoms with Gasteiger partial charge in [0.1, 0.15) is 18.3 Å². The molecule has 0 aliphatic carbocycles. The Morgan fingerprint density at radius 2 is 1.96 bits per heavy atom. The molecule has 1 aromatic rings. The van der Waals surface area contributed by atoms with E-state index in [-0.39, 0.29) is 18.5 Å². The lowest BCUT2D eigenvalue weighted by atomic mass is 9.91. The number of hydrogen-bond acceptors (Lipinski definition) is 7. The summed E-state index contributed by atoms with van der Waals surface area (Å²) in [7, 11) is 1.30. The fourth-order valence-corrected chi connectivity index (χ4v) is 2.11. The fourth-order valence-electron chi connectivity index (χ4n) is 2.11. The Labute approximate surface area is 136 Å². The number of aryl methyl sites for hydroxylation is 1. The smallest absolute Gasteiger partial charge is 0.414 e. The molecule has 0 saturated carbocycles. The van der Waals surface area contributed by atoms with Crippen LogP contribution in [0.15, 0.2) is 22.8 Å². The Morgan fingerprint density at radius 3 is 2.42 bits per heavy atom. The van der Waals surface area contributed by atoms with Crippen molar-refractivity contribution in [3.8, 4) is 0 Å². The van der Waals surface area contributed by atoms with Crippen LogP contribution in [-0.4, -0.2) is 64.7 Å². The van der Waals surface area contributed by atoms with Crippen molar-refractivity contribution in [2.24, 2.45) is 5.73 Å². The van der Waals surface area contributed by atoms with Crippen LogP contribution in [0.2, 0.25) is 0 Å². The van der Waals surface area contributed by atoms with Crippen LogP contribution in [0.1, 0.15) is 12.2 Å². The Bertz CT molecular complexity index is 586. The van der Waals surface area contributed by atoms with Gasteiger partial charge in [0, 0.05) is 6.42 Å². The maximum absolute atomic E-state index is 11.6. The highest BCUT2D eigenvalue weighted by Crippen LogP contribution is 2.23. The highest BCUT2D eigenvalue weighted by atomic mass is 16.5. The summed E-state index contributed by atoms with van der Waals surface area (Å²) in [6, 6.07) is 3.04. The minimum Gasteiger partial charge on any atom is -0.473 e. The number of carboxylic acid groups (broad SMARTS) is 2. The van der Waals surface area contributed by atoms with E-state index in [4.69, 9.17) is 30.0 Å². The number of rotatable bonds is 5. The molecule has 0 aromatic carbocycles. The van der Waals surface area contributed by atoms with E-state index in [9.17, 15) is 9.59 Å². The predicted molar refractivity (Wildman–Crippen MR) is 77.8 cm³/mol. The van der Waals surface area contributed by atoms with Crippen LogP contribution >= 0.6 is 0 Å². The third-order valence-electron chi connectivity index (χ3n) is 3.36. The molecule has 0 radical (unpaired) electrons. The molecule has 10 heteroatoms. The van der Waals surface area contributed by atoms with Gasteiger partial charge in [-0.25, -0.2) is 9.59 Å². The number of hydrogen-bond donors (Lipinski definition) is 3. The van der Waals surface area contributed by atoms with E-state index in [1.807, 2.05) is 12.1 Å². The highest BCUT2D eigenvalue weighted by Gasteiger charge is 2.45. The zero-order chi connectivity index (χ0) is 18.3. The highest BCUT2D eigenvalue weighted by molar-refractivity contribution is 6.27. The molecule has 0 unspecified atom stereocenters. The van der Waals surface area contributed by atoms with Crippen LogP contribution < -0.4 is 5.73 Å². The van der Waals surface area contributed by atoms with E-state index in [0.29, 0.717) is 12.8 Å². The number of esters is 1. The van der Waals surface area contributed by atoms with Crippen molar-refractivity contribution in [2.45, 2.75) is 24.9 Å². The van der Waals surface area contributed by atoms with Crippen molar-refractivity contribution < 1.29 is 38.5 Å². The maximum Gasteiger partial charge on any atom is 0.414 e. The van der Waals surface area contributed by atoms with Gasteiger partial charge < -0.3 is 30.0 Å². The SMILES string of the molecule is COC(=O)CN1C(=O)[C@H](N)[C@@H]1CCc1ccco1.O=C(O)C(=O)O.